The number of hydrogen-bond acceptors (Lipinski definition) is 1. The van der Waals surface area contributed by atoms with E-state index in [-0.39, 0.29) is 11.2 Å². The van der Waals surface area contributed by atoms with Gasteiger partial charge in [0, 0.05) is 10.5 Å². The molecule has 2 atom stereocenters. The normalized spacial score (nSPS) is 29.6. The first-order chi connectivity index (χ1) is 7.48. The van der Waals surface area contributed by atoms with Crippen molar-refractivity contribution in [2.75, 3.05) is 0 Å². The molecule has 1 fully saturated rings. The average Bonchev–Trinajstić information content (AvgIpc) is 2.52. The highest BCUT2D eigenvalue weighted by Gasteiger charge is 2.33. The second-order valence-corrected chi connectivity index (χ2v) is 6.08. The van der Waals surface area contributed by atoms with Gasteiger partial charge in [-0.1, -0.05) is 22.9 Å². The zero-order valence-electron chi connectivity index (χ0n) is 9.47. The Morgan fingerprint density at radius 3 is 2.94 bits per heavy atom. The molecule has 1 aliphatic carbocycles. The fourth-order valence-corrected chi connectivity index (χ4v) is 3.06. The number of rotatable bonds is 2. The molecule has 1 aliphatic rings. The minimum atomic E-state index is -0.163. The van der Waals surface area contributed by atoms with Crippen molar-refractivity contribution in [2.24, 2.45) is 11.1 Å². The largest absolute Gasteiger partial charge is 0.328 e. The third-order valence-corrected chi connectivity index (χ3v) is 4.27. The molecule has 0 saturated heterocycles. The predicted octanol–water partition coefficient (Wildman–Crippen LogP) is 3.65. The van der Waals surface area contributed by atoms with Crippen LogP contribution in [0.1, 0.15) is 31.7 Å². The van der Waals surface area contributed by atoms with Crippen molar-refractivity contribution in [1.29, 1.82) is 0 Å². The molecular weight excluding hydrogens is 269 g/mol. The maximum absolute atomic E-state index is 13.2. The van der Waals surface area contributed by atoms with E-state index in [0.717, 1.165) is 35.7 Å². The molecule has 0 bridgehead atoms. The SMILES string of the molecule is CC1(Cc2cc(F)ccc2Br)CCC(N)C1. The van der Waals surface area contributed by atoms with E-state index in [1.54, 1.807) is 12.1 Å². The molecular formula is C13H17BrFN. The molecule has 1 aromatic carbocycles. The van der Waals surface area contributed by atoms with Gasteiger partial charge in [-0.3, -0.25) is 0 Å². The summed E-state index contributed by atoms with van der Waals surface area (Å²) in [6, 6.07) is 5.20. The molecule has 1 nitrogen and oxygen atoms in total. The van der Waals surface area contributed by atoms with Crippen LogP contribution in [-0.4, -0.2) is 6.04 Å². The Kier molecular flexibility index (Phi) is 3.36. The molecule has 16 heavy (non-hydrogen) atoms. The van der Waals surface area contributed by atoms with E-state index in [1.165, 1.54) is 6.07 Å². The molecule has 1 saturated carbocycles. The van der Waals surface area contributed by atoms with Crippen LogP contribution >= 0.6 is 15.9 Å². The summed E-state index contributed by atoms with van der Waals surface area (Å²) in [4.78, 5) is 0. The standard InChI is InChI=1S/C13H17BrFN/c1-13(5-4-11(16)8-13)7-9-6-10(15)2-3-12(9)14/h2-3,6,11H,4-5,7-8,16H2,1H3. The average molecular weight is 286 g/mol. The van der Waals surface area contributed by atoms with Crippen LogP contribution in [0.3, 0.4) is 0 Å². The summed E-state index contributed by atoms with van der Waals surface area (Å²) in [5.41, 5.74) is 7.23. The predicted molar refractivity (Wildman–Crippen MR) is 67.7 cm³/mol. The van der Waals surface area contributed by atoms with Gasteiger partial charge in [0.05, 0.1) is 0 Å². The van der Waals surface area contributed by atoms with E-state index in [2.05, 4.69) is 22.9 Å². The summed E-state index contributed by atoms with van der Waals surface area (Å²) in [7, 11) is 0. The second kappa shape index (κ2) is 4.46. The van der Waals surface area contributed by atoms with Gasteiger partial charge in [0.25, 0.3) is 0 Å². The Hall–Kier alpha value is -0.410. The fourth-order valence-electron chi connectivity index (χ4n) is 2.67. The lowest BCUT2D eigenvalue weighted by Crippen LogP contribution is -2.21. The van der Waals surface area contributed by atoms with Crippen molar-refractivity contribution in [3.05, 3.63) is 34.1 Å². The van der Waals surface area contributed by atoms with Crippen LogP contribution in [0, 0.1) is 11.2 Å². The zero-order chi connectivity index (χ0) is 11.8. The van der Waals surface area contributed by atoms with E-state index in [1.807, 2.05) is 0 Å². The zero-order valence-corrected chi connectivity index (χ0v) is 11.1. The van der Waals surface area contributed by atoms with E-state index >= 15 is 0 Å². The third kappa shape index (κ3) is 2.64. The molecule has 3 heteroatoms. The second-order valence-electron chi connectivity index (χ2n) is 5.23. The maximum atomic E-state index is 13.2. The molecule has 2 rings (SSSR count). The summed E-state index contributed by atoms with van der Waals surface area (Å²) >= 11 is 3.48. The summed E-state index contributed by atoms with van der Waals surface area (Å²) in [6.07, 6.45) is 4.16. The highest BCUT2D eigenvalue weighted by atomic mass is 79.9. The molecule has 0 aromatic heterocycles. The van der Waals surface area contributed by atoms with Gasteiger partial charge in [-0.05, 0) is 54.9 Å². The lowest BCUT2D eigenvalue weighted by molar-refractivity contribution is 0.328. The molecule has 0 heterocycles. The molecule has 2 N–H and O–H groups in total. The minimum Gasteiger partial charge on any atom is -0.328 e. The van der Waals surface area contributed by atoms with Crippen LogP contribution in [0.2, 0.25) is 0 Å². The first-order valence-electron chi connectivity index (χ1n) is 5.68. The smallest absolute Gasteiger partial charge is 0.123 e. The summed E-state index contributed by atoms with van der Waals surface area (Å²) in [6.45, 7) is 2.25. The van der Waals surface area contributed by atoms with Gasteiger partial charge in [0.15, 0.2) is 0 Å². The lowest BCUT2D eigenvalue weighted by Gasteiger charge is -2.24. The van der Waals surface area contributed by atoms with E-state index < -0.39 is 0 Å². The molecule has 1 aromatic rings. The number of hydrogen-bond donors (Lipinski definition) is 1. The Balaban J connectivity index is 2.17. The topological polar surface area (TPSA) is 26.0 Å². The number of benzene rings is 1. The van der Waals surface area contributed by atoms with Gasteiger partial charge in [-0.2, -0.15) is 0 Å². The van der Waals surface area contributed by atoms with E-state index in [0.29, 0.717) is 6.04 Å². The van der Waals surface area contributed by atoms with Gasteiger partial charge < -0.3 is 5.73 Å². The fraction of sp³-hybridized carbons (Fsp3) is 0.538. The number of halogens is 2. The number of nitrogens with two attached hydrogens (primary N) is 1. The van der Waals surface area contributed by atoms with Crippen molar-refractivity contribution in [3.63, 3.8) is 0 Å². The van der Waals surface area contributed by atoms with Gasteiger partial charge in [-0.25, -0.2) is 4.39 Å². The van der Waals surface area contributed by atoms with Crippen LogP contribution in [0.4, 0.5) is 4.39 Å². The van der Waals surface area contributed by atoms with Gasteiger partial charge in [-0.15, -0.1) is 0 Å². The first-order valence-corrected chi connectivity index (χ1v) is 6.47. The minimum absolute atomic E-state index is 0.163. The van der Waals surface area contributed by atoms with Crippen molar-refractivity contribution in [3.8, 4) is 0 Å². The molecule has 2 unspecified atom stereocenters. The summed E-state index contributed by atoms with van der Waals surface area (Å²) in [5, 5.41) is 0. The third-order valence-electron chi connectivity index (χ3n) is 3.50. The first kappa shape index (κ1) is 12.1. The molecule has 88 valence electrons. The van der Waals surface area contributed by atoms with Crippen LogP contribution in [-0.2, 0) is 6.42 Å². The highest BCUT2D eigenvalue weighted by molar-refractivity contribution is 9.10. The molecule has 0 aliphatic heterocycles. The van der Waals surface area contributed by atoms with Crippen LogP contribution in [0.5, 0.6) is 0 Å². The Morgan fingerprint density at radius 1 is 1.56 bits per heavy atom. The molecule has 0 amide bonds. The Bertz CT molecular complexity index is 394. The van der Waals surface area contributed by atoms with E-state index in [9.17, 15) is 4.39 Å². The van der Waals surface area contributed by atoms with E-state index in [4.69, 9.17) is 5.73 Å². The van der Waals surface area contributed by atoms with Gasteiger partial charge in [0.1, 0.15) is 5.82 Å². The lowest BCUT2D eigenvalue weighted by atomic mass is 9.82. The van der Waals surface area contributed by atoms with Crippen LogP contribution < -0.4 is 5.73 Å². The Labute approximate surface area is 104 Å². The quantitative estimate of drug-likeness (QED) is 0.882. The molecule has 0 spiro atoms. The van der Waals surface area contributed by atoms with Crippen LogP contribution in [0.25, 0.3) is 0 Å². The van der Waals surface area contributed by atoms with Crippen molar-refractivity contribution >= 4 is 15.9 Å². The van der Waals surface area contributed by atoms with Gasteiger partial charge in [0.2, 0.25) is 0 Å². The summed E-state index contributed by atoms with van der Waals surface area (Å²) in [5.74, 6) is -0.163. The highest BCUT2D eigenvalue weighted by Crippen LogP contribution is 2.41. The molecule has 0 radical (unpaired) electrons. The van der Waals surface area contributed by atoms with Crippen LogP contribution in [0.15, 0.2) is 22.7 Å². The van der Waals surface area contributed by atoms with Crippen molar-refractivity contribution < 1.29 is 4.39 Å². The monoisotopic (exact) mass is 285 g/mol. The van der Waals surface area contributed by atoms with Gasteiger partial charge >= 0.3 is 0 Å². The Morgan fingerprint density at radius 2 is 2.31 bits per heavy atom. The summed E-state index contributed by atoms with van der Waals surface area (Å²) < 4.78 is 14.2. The maximum Gasteiger partial charge on any atom is 0.123 e. The van der Waals surface area contributed by atoms with Crippen molar-refractivity contribution in [1.82, 2.24) is 0 Å². The van der Waals surface area contributed by atoms with Crippen molar-refractivity contribution in [2.45, 2.75) is 38.6 Å².